The van der Waals surface area contributed by atoms with Gasteiger partial charge in [-0.1, -0.05) is 19.1 Å². The molecule has 2 atom stereocenters. The van der Waals surface area contributed by atoms with E-state index in [2.05, 4.69) is 36.5 Å². The minimum Gasteiger partial charge on any atom is -0.331 e. The molecule has 2 saturated heterocycles. The van der Waals surface area contributed by atoms with E-state index in [1.54, 1.807) is 4.90 Å². The zero-order valence-electron chi connectivity index (χ0n) is 14.4. The van der Waals surface area contributed by atoms with E-state index < -0.39 is 0 Å². The van der Waals surface area contributed by atoms with Gasteiger partial charge in [0.05, 0.1) is 26.2 Å². The third-order valence-electron chi connectivity index (χ3n) is 5.28. The highest BCUT2D eigenvalue weighted by atomic mass is 16.2. The van der Waals surface area contributed by atoms with E-state index in [0.717, 1.165) is 31.2 Å². The van der Waals surface area contributed by atoms with Crippen LogP contribution in [-0.4, -0.2) is 38.6 Å². The van der Waals surface area contributed by atoms with Crippen LogP contribution in [0.1, 0.15) is 38.2 Å². The molecular formula is C19H31N3O+2. The van der Waals surface area contributed by atoms with Crippen molar-refractivity contribution in [3.05, 3.63) is 29.8 Å². The smallest absolute Gasteiger partial charge is 0.279 e. The molecule has 2 aliphatic heterocycles. The van der Waals surface area contributed by atoms with Gasteiger partial charge in [0, 0.05) is 30.0 Å². The zero-order valence-corrected chi connectivity index (χ0v) is 14.4. The minimum absolute atomic E-state index is 0.145. The number of piperidine rings is 1. The molecule has 2 fully saturated rings. The molecule has 0 spiro atoms. The summed E-state index contributed by atoms with van der Waals surface area (Å²) in [4.78, 5) is 15.3. The molecule has 4 heteroatoms. The summed E-state index contributed by atoms with van der Waals surface area (Å²) in [6, 6.07) is 8.43. The monoisotopic (exact) mass is 317 g/mol. The topological polar surface area (TPSA) is 38.0 Å². The molecule has 3 rings (SSSR count). The first kappa shape index (κ1) is 16.5. The SMILES string of the molecule is C[C@H]1CCC[NH+](CC(=O)Nc2ccc(C[NH+]3CCCC3)cc2)C1. The van der Waals surface area contributed by atoms with Crippen molar-refractivity contribution < 1.29 is 14.6 Å². The highest BCUT2D eigenvalue weighted by Crippen LogP contribution is 2.09. The number of likely N-dealkylation sites (tertiary alicyclic amines) is 2. The number of hydrogen-bond acceptors (Lipinski definition) is 1. The van der Waals surface area contributed by atoms with Gasteiger partial charge < -0.3 is 15.1 Å². The zero-order chi connectivity index (χ0) is 16.1. The van der Waals surface area contributed by atoms with Crippen molar-refractivity contribution in [2.24, 2.45) is 5.92 Å². The molecule has 1 aromatic rings. The van der Waals surface area contributed by atoms with E-state index in [-0.39, 0.29) is 5.91 Å². The average Bonchev–Trinajstić information content (AvgIpc) is 3.02. The summed E-state index contributed by atoms with van der Waals surface area (Å²) in [6.45, 7) is 8.87. The second-order valence-corrected chi connectivity index (χ2v) is 7.51. The van der Waals surface area contributed by atoms with Gasteiger partial charge in [-0.05, 0) is 25.0 Å². The summed E-state index contributed by atoms with van der Waals surface area (Å²) in [5, 5.41) is 3.06. The van der Waals surface area contributed by atoms with Crippen LogP contribution < -0.4 is 15.1 Å². The summed E-state index contributed by atoms with van der Waals surface area (Å²) < 4.78 is 0. The number of quaternary nitrogens is 2. The van der Waals surface area contributed by atoms with Gasteiger partial charge in [0.15, 0.2) is 6.54 Å². The van der Waals surface area contributed by atoms with Crippen molar-refractivity contribution in [2.75, 3.05) is 38.0 Å². The quantitative estimate of drug-likeness (QED) is 0.709. The van der Waals surface area contributed by atoms with E-state index in [4.69, 9.17) is 0 Å². The van der Waals surface area contributed by atoms with Crippen molar-refractivity contribution in [3.8, 4) is 0 Å². The van der Waals surface area contributed by atoms with Gasteiger partial charge in [-0.25, -0.2) is 0 Å². The predicted octanol–water partition coefficient (Wildman–Crippen LogP) is 0.119. The molecule has 3 N–H and O–H groups in total. The molecule has 2 heterocycles. The minimum atomic E-state index is 0.145. The first-order valence-corrected chi connectivity index (χ1v) is 9.25. The lowest BCUT2D eigenvalue weighted by Crippen LogP contribution is -3.14. The molecule has 1 unspecified atom stereocenters. The van der Waals surface area contributed by atoms with Crippen LogP contribution in [0.5, 0.6) is 0 Å². The van der Waals surface area contributed by atoms with Crippen LogP contribution >= 0.6 is 0 Å². The van der Waals surface area contributed by atoms with E-state index in [1.807, 2.05) is 0 Å². The molecule has 0 bridgehead atoms. The molecule has 0 aromatic heterocycles. The number of carbonyl (C=O) groups excluding carboxylic acids is 1. The Labute approximate surface area is 139 Å². The summed E-state index contributed by atoms with van der Waals surface area (Å²) in [7, 11) is 0. The van der Waals surface area contributed by atoms with Crippen LogP contribution in [0, 0.1) is 5.92 Å². The number of hydrogen-bond donors (Lipinski definition) is 3. The third-order valence-corrected chi connectivity index (χ3v) is 5.28. The van der Waals surface area contributed by atoms with E-state index >= 15 is 0 Å². The maximum atomic E-state index is 12.2. The number of anilines is 1. The third kappa shape index (κ3) is 5.05. The van der Waals surface area contributed by atoms with Gasteiger partial charge in [0.25, 0.3) is 5.91 Å². The standard InChI is InChI=1S/C19H29N3O/c1-16-5-4-12-22(13-16)15-19(23)20-18-8-6-17(7-9-18)14-21-10-2-3-11-21/h6-9,16H,2-5,10-15H2,1H3,(H,20,23)/p+2/t16-/m0/s1. The van der Waals surface area contributed by atoms with Crippen LogP contribution in [0.2, 0.25) is 0 Å². The van der Waals surface area contributed by atoms with Gasteiger partial charge >= 0.3 is 0 Å². The van der Waals surface area contributed by atoms with Crippen LogP contribution in [0.25, 0.3) is 0 Å². The van der Waals surface area contributed by atoms with Gasteiger partial charge in [-0.2, -0.15) is 0 Å². The normalized spacial score (nSPS) is 25.4. The summed E-state index contributed by atoms with van der Waals surface area (Å²) >= 11 is 0. The lowest BCUT2D eigenvalue weighted by atomic mass is 10.0. The van der Waals surface area contributed by atoms with Gasteiger partial charge in [0.2, 0.25) is 0 Å². The Hall–Kier alpha value is -1.39. The molecule has 0 radical (unpaired) electrons. The van der Waals surface area contributed by atoms with Crippen molar-refractivity contribution in [2.45, 2.75) is 39.2 Å². The molecule has 0 aliphatic carbocycles. The molecule has 4 nitrogen and oxygen atoms in total. The van der Waals surface area contributed by atoms with E-state index in [0.29, 0.717) is 6.54 Å². The Morgan fingerprint density at radius 2 is 1.78 bits per heavy atom. The molecule has 126 valence electrons. The molecule has 23 heavy (non-hydrogen) atoms. The number of nitrogens with one attached hydrogen (secondary N) is 3. The second-order valence-electron chi connectivity index (χ2n) is 7.51. The Morgan fingerprint density at radius 1 is 1.09 bits per heavy atom. The summed E-state index contributed by atoms with van der Waals surface area (Å²) in [5.74, 6) is 0.894. The maximum Gasteiger partial charge on any atom is 0.279 e. The van der Waals surface area contributed by atoms with Crippen molar-refractivity contribution in [1.82, 2.24) is 0 Å². The molecular weight excluding hydrogens is 286 g/mol. The largest absolute Gasteiger partial charge is 0.331 e. The van der Waals surface area contributed by atoms with Crippen molar-refractivity contribution in [3.63, 3.8) is 0 Å². The van der Waals surface area contributed by atoms with Gasteiger partial charge in [-0.3, -0.25) is 4.79 Å². The van der Waals surface area contributed by atoms with Crippen LogP contribution in [0.4, 0.5) is 5.69 Å². The number of benzene rings is 1. The first-order chi connectivity index (χ1) is 11.2. The maximum absolute atomic E-state index is 12.2. The predicted molar refractivity (Wildman–Crippen MR) is 92.7 cm³/mol. The fraction of sp³-hybridized carbons (Fsp3) is 0.632. The first-order valence-electron chi connectivity index (χ1n) is 9.25. The molecule has 2 aliphatic rings. The van der Waals surface area contributed by atoms with Crippen molar-refractivity contribution in [1.29, 1.82) is 0 Å². The second kappa shape index (κ2) is 7.93. The van der Waals surface area contributed by atoms with Gasteiger partial charge in [0.1, 0.15) is 6.54 Å². The lowest BCUT2D eigenvalue weighted by Gasteiger charge is -2.27. The number of amides is 1. The van der Waals surface area contributed by atoms with Crippen molar-refractivity contribution >= 4 is 11.6 Å². The number of rotatable bonds is 5. The Kier molecular flexibility index (Phi) is 5.68. The fourth-order valence-electron chi connectivity index (χ4n) is 4.04. The molecule has 0 saturated carbocycles. The van der Waals surface area contributed by atoms with E-state index in [9.17, 15) is 4.79 Å². The van der Waals surface area contributed by atoms with Crippen LogP contribution in [0.15, 0.2) is 24.3 Å². The molecule has 1 aromatic carbocycles. The summed E-state index contributed by atoms with van der Waals surface area (Å²) in [6.07, 6.45) is 5.28. The van der Waals surface area contributed by atoms with Gasteiger partial charge in [-0.15, -0.1) is 0 Å². The Bertz CT molecular complexity index is 508. The highest BCUT2D eigenvalue weighted by molar-refractivity contribution is 5.91. The Morgan fingerprint density at radius 3 is 2.48 bits per heavy atom. The average molecular weight is 317 g/mol. The Balaban J connectivity index is 1.46. The van der Waals surface area contributed by atoms with Crippen LogP contribution in [0.3, 0.4) is 0 Å². The number of carbonyl (C=O) groups is 1. The molecule has 1 amide bonds. The highest BCUT2D eigenvalue weighted by Gasteiger charge is 2.22. The van der Waals surface area contributed by atoms with Crippen LogP contribution in [-0.2, 0) is 11.3 Å². The lowest BCUT2D eigenvalue weighted by molar-refractivity contribution is -0.901. The summed E-state index contributed by atoms with van der Waals surface area (Å²) in [5.41, 5.74) is 2.30. The van der Waals surface area contributed by atoms with E-state index in [1.165, 1.54) is 49.2 Å². The fourth-order valence-corrected chi connectivity index (χ4v) is 4.04.